The van der Waals surface area contributed by atoms with Gasteiger partial charge in [-0.3, -0.25) is 4.79 Å². The molecule has 1 aliphatic heterocycles. The molecular formula is C12H24N4O2. The van der Waals surface area contributed by atoms with Crippen LogP contribution in [0.4, 0.5) is 0 Å². The summed E-state index contributed by atoms with van der Waals surface area (Å²) < 4.78 is 0. The number of hydrogen-bond donors (Lipinski definition) is 2. The second-order valence-corrected chi connectivity index (χ2v) is 5.23. The summed E-state index contributed by atoms with van der Waals surface area (Å²) in [5.41, 5.74) is 5.63. The number of oxime groups is 1. The molecule has 1 saturated heterocycles. The number of nitrogens with two attached hydrogens (primary N) is 1. The van der Waals surface area contributed by atoms with Gasteiger partial charge in [-0.2, -0.15) is 0 Å². The Hall–Kier alpha value is -1.30. The van der Waals surface area contributed by atoms with Gasteiger partial charge in [0, 0.05) is 19.6 Å². The molecule has 1 rings (SSSR count). The van der Waals surface area contributed by atoms with E-state index in [-0.39, 0.29) is 17.7 Å². The molecule has 3 N–H and O–H groups in total. The van der Waals surface area contributed by atoms with Crippen LogP contribution in [0.25, 0.3) is 0 Å². The molecule has 0 aromatic carbocycles. The summed E-state index contributed by atoms with van der Waals surface area (Å²) in [7, 11) is 2.05. The van der Waals surface area contributed by atoms with E-state index in [0.29, 0.717) is 6.54 Å². The maximum Gasteiger partial charge on any atom is 0.233 e. The van der Waals surface area contributed by atoms with E-state index in [0.717, 1.165) is 26.1 Å². The van der Waals surface area contributed by atoms with Gasteiger partial charge in [-0.1, -0.05) is 19.0 Å². The average Bonchev–Trinajstić information content (AvgIpc) is 2.53. The predicted molar refractivity (Wildman–Crippen MR) is 70.4 cm³/mol. The fourth-order valence-electron chi connectivity index (χ4n) is 2.28. The number of carbonyl (C=O) groups is 1. The van der Waals surface area contributed by atoms with Crippen LogP contribution in [0, 0.1) is 11.8 Å². The molecule has 1 amide bonds. The number of amidine groups is 1. The minimum atomic E-state index is -0.529. The van der Waals surface area contributed by atoms with Crippen LogP contribution in [0.5, 0.6) is 0 Å². The van der Waals surface area contributed by atoms with Gasteiger partial charge in [0.25, 0.3) is 0 Å². The second kappa shape index (κ2) is 6.58. The van der Waals surface area contributed by atoms with Gasteiger partial charge >= 0.3 is 0 Å². The van der Waals surface area contributed by atoms with Crippen molar-refractivity contribution in [3.63, 3.8) is 0 Å². The van der Waals surface area contributed by atoms with Crippen LogP contribution < -0.4 is 5.73 Å². The molecular weight excluding hydrogens is 232 g/mol. The summed E-state index contributed by atoms with van der Waals surface area (Å²) in [6, 6.07) is 0. The Morgan fingerprint density at radius 1 is 1.28 bits per heavy atom. The number of amides is 1. The molecule has 0 radical (unpaired) electrons. The zero-order valence-corrected chi connectivity index (χ0v) is 11.5. The molecule has 1 atom stereocenters. The molecule has 18 heavy (non-hydrogen) atoms. The minimum Gasteiger partial charge on any atom is -0.409 e. The SMILES string of the molecule is CC(C)C(C(=O)N1CCCN(C)CC1)C(N)=NO. The number of hydrogen-bond acceptors (Lipinski definition) is 4. The third kappa shape index (κ3) is 3.60. The van der Waals surface area contributed by atoms with Crippen molar-refractivity contribution in [1.29, 1.82) is 0 Å². The molecule has 6 nitrogen and oxygen atoms in total. The first-order chi connectivity index (χ1) is 8.47. The standard InChI is InChI=1S/C12H24N4O2/c1-9(2)10(11(13)14-18)12(17)16-6-4-5-15(3)7-8-16/h9-10,18H,4-8H2,1-3H3,(H2,13,14). The van der Waals surface area contributed by atoms with Gasteiger partial charge < -0.3 is 20.7 Å². The van der Waals surface area contributed by atoms with Gasteiger partial charge in [-0.05, 0) is 25.9 Å². The van der Waals surface area contributed by atoms with Gasteiger partial charge in [-0.15, -0.1) is 0 Å². The molecule has 1 aliphatic rings. The van der Waals surface area contributed by atoms with Crippen LogP contribution in [0.3, 0.4) is 0 Å². The van der Waals surface area contributed by atoms with E-state index in [2.05, 4.69) is 17.1 Å². The van der Waals surface area contributed by atoms with Gasteiger partial charge in [-0.25, -0.2) is 0 Å². The van der Waals surface area contributed by atoms with Crippen molar-refractivity contribution >= 4 is 11.7 Å². The van der Waals surface area contributed by atoms with E-state index in [1.54, 1.807) is 0 Å². The lowest BCUT2D eigenvalue weighted by Gasteiger charge is -2.27. The van der Waals surface area contributed by atoms with Crippen molar-refractivity contribution < 1.29 is 10.0 Å². The lowest BCUT2D eigenvalue weighted by Crippen LogP contribution is -2.45. The van der Waals surface area contributed by atoms with Crippen molar-refractivity contribution in [2.75, 3.05) is 33.2 Å². The zero-order chi connectivity index (χ0) is 13.7. The van der Waals surface area contributed by atoms with Crippen LogP contribution in [-0.2, 0) is 4.79 Å². The maximum atomic E-state index is 12.4. The molecule has 0 aromatic heterocycles. The molecule has 1 heterocycles. The highest BCUT2D eigenvalue weighted by Crippen LogP contribution is 2.16. The number of carbonyl (C=O) groups excluding carboxylic acids is 1. The molecule has 0 aromatic rings. The van der Waals surface area contributed by atoms with E-state index in [4.69, 9.17) is 10.9 Å². The fraction of sp³-hybridized carbons (Fsp3) is 0.833. The molecule has 0 spiro atoms. The third-order valence-electron chi connectivity index (χ3n) is 3.40. The Kier molecular flexibility index (Phi) is 5.40. The summed E-state index contributed by atoms with van der Waals surface area (Å²) in [5.74, 6) is -0.531. The quantitative estimate of drug-likeness (QED) is 0.326. The number of nitrogens with zero attached hydrogens (tertiary/aromatic N) is 3. The van der Waals surface area contributed by atoms with Gasteiger partial charge in [0.05, 0.1) is 0 Å². The Bertz CT molecular complexity index is 317. The van der Waals surface area contributed by atoms with Gasteiger partial charge in [0.15, 0.2) is 5.84 Å². The Morgan fingerprint density at radius 2 is 1.94 bits per heavy atom. The zero-order valence-electron chi connectivity index (χ0n) is 11.5. The monoisotopic (exact) mass is 256 g/mol. The first-order valence-corrected chi connectivity index (χ1v) is 6.42. The van der Waals surface area contributed by atoms with Crippen molar-refractivity contribution in [2.24, 2.45) is 22.7 Å². The fourth-order valence-corrected chi connectivity index (χ4v) is 2.28. The average molecular weight is 256 g/mol. The largest absolute Gasteiger partial charge is 0.409 e. The van der Waals surface area contributed by atoms with E-state index in [9.17, 15) is 4.79 Å². The normalized spacial score (nSPS) is 20.9. The highest BCUT2D eigenvalue weighted by molar-refractivity contribution is 6.02. The van der Waals surface area contributed by atoms with Crippen LogP contribution in [0.2, 0.25) is 0 Å². The summed E-state index contributed by atoms with van der Waals surface area (Å²) in [6.07, 6.45) is 0.962. The molecule has 0 aliphatic carbocycles. The van der Waals surface area contributed by atoms with E-state index < -0.39 is 5.92 Å². The molecule has 104 valence electrons. The van der Waals surface area contributed by atoms with E-state index in [1.807, 2.05) is 18.7 Å². The van der Waals surface area contributed by atoms with Crippen molar-refractivity contribution in [3.8, 4) is 0 Å². The molecule has 1 fully saturated rings. The van der Waals surface area contributed by atoms with Crippen LogP contribution >= 0.6 is 0 Å². The third-order valence-corrected chi connectivity index (χ3v) is 3.40. The lowest BCUT2D eigenvalue weighted by molar-refractivity contribution is -0.134. The summed E-state index contributed by atoms with van der Waals surface area (Å²) >= 11 is 0. The van der Waals surface area contributed by atoms with Crippen molar-refractivity contribution in [2.45, 2.75) is 20.3 Å². The minimum absolute atomic E-state index is 0.00704. The molecule has 1 unspecified atom stereocenters. The second-order valence-electron chi connectivity index (χ2n) is 5.23. The van der Waals surface area contributed by atoms with Crippen LogP contribution in [-0.4, -0.2) is 60.0 Å². The van der Waals surface area contributed by atoms with Crippen LogP contribution in [0.15, 0.2) is 5.16 Å². The Balaban J connectivity index is 2.76. The van der Waals surface area contributed by atoms with E-state index in [1.165, 1.54) is 0 Å². The molecule has 6 heteroatoms. The topological polar surface area (TPSA) is 82.2 Å². The number of likely N-dealkylation sites (N-methyl/N-ethyl adjacent to an activating group) is 1. The highest BCUT2D eigenvalue weighted by atomic mass is 16.4. The van der Waals surface area contributed by atoms with Gasteiger partial charge in [0.1, 0.15) is 5.92 Å². The van der Waals surface area contributed by atoms with Crippen LogP contribution in [0.1, 0.15) is 20.3 Å². The first kappa shape index (κ1) is 14.8. The molecule has 0 saturated carbocycles. The Labute approximate surface area is 108 Å². The van der Waals surface area contributed by atoms with Gasteiger partial charge in [0.2, 0.25) is 5.91 Å². The lowest BCUT2D eigenvalue weighted by atomic mass is 9.93. The Morgan fingerprint density at radius 3 is 2.50 bits per heavy atom. The number of rotatable bonds is 3. The summed E-state index contributed by atoms with van der Waals surface area (Å²) in [4.78, 5) is 16.5. The first-order valence-electron chi connectivity index (χ1n) is 6.42. The summed E-state index contributed by atoms with van der Waals surface area (Å²) in [6.45, 7) is 7.13. The summed E-state index contributed by atoms with van der Waals surface area (Å²) in [5, 5.41) is 11.8. The van der Waals surface area contributed by atoms with Crippen molar-refractivity contribution in [3.05, 3.63) is 0 Å². The molecule has 0 bridgehead atoms. The maximum absolute atomic E-state index is 12.4. The highest BCUT2D eigenvalue weighted by Gasteiger charge is 2.31. The predicted octanol–water partition coefficient (Wildman–Crippen LogP) is 0.169. The van der Waals surface area contributed by atoms with E-state index >= 15 is 0 Å². The van der Waals surface area contributed by atoms with Crippen molar-refractivity contribution in [1.82, 2.24) is 9.80 Å². The smallest absolute Gasteiger partial charge is 0.233 e.